The van der Waals surface area contributed by atoms with Crippen LogP contribution in [0.2, 0.25) is 0 Å². The first-order valence-corrected chi connectivity index (χ1v) is 6.61. The van der Waals surface area contributed by atoms with Gasteiger partial charge in [-0.2, -0.15) is 0 Å². The highest BCUT2D eigenvalue weighted by Gasteiger charge is 2.32. The van der Waals surface area contributed by atoms with Crippen LogP contribution in [-0.2, 0) is 9.59 Å². The lowest BCUT2D eigenvalue weighted by Gasteiger charge is -2.28. The second-order valence-corrected chi connectivity index (χ2v) is 4.91. The second kappa shape index (κ2) is 5.86. The number of hydrogen-bond donors (Lipinski definition) is 2. The molecule has 1 aromatic rings. The topological polar surface area (TPSA) is 58.2 Å². The van der Waals surface area contributed by atoms with Gasteiger partial charge in [0.1, 0.15) is 17.6 Å². The van der Waals surface area contributed by atoms with Gasteiger partial charge in [-0.3, -0.25) is 9.59 Å². The fourth-order valence-corrected chi connectivity index (χ4v) is 2.04. The summed E-state index contributed by atoms with van der Waals surface area (Å²) >= 11 is 0. The zero-order chi connectivity index (χ0) is 14.7. The zero-order valence-corrected chi connectivity index (χ0v) is 11.4. The van der Waals surface area contributed by atoms with Crippen molar-refractivity contribution in [3.63, 3.8) is 0 Å². The van der Waals surface area contributed by atoms with E-state index in [2.05, 4.69) is 10.6 Å². The summed E-state index contributed by atoms with van der Waals surface area (Å²) in [6.07, 6.45) is 2.13. The number of carbonyl (C=O) groups is 2. The van der Waals surface area contributed by atoms with Gasteiger partial charge in [-0.1, -0.05) is 38.5 Å². The maximum absolute atomic E-state index is 13.5. The normalized spacial score (nSPS) is 22.4. The molecular formula is C15H17FN2O2. The molecule has 1 fully saturated rings. The molecule has 4 nitrogen and oxygen atoms in total. The molecule has 5 heteroatoms. The number of nitrogens with one attached hydrogen (secondary N) is 2. The Balaban J connectivity index is 2.23. The zero-order valence-electron chi connectivity index (χ0n) is 11.4. The van der Waals surface area contributed by atoms with E-state index < -0.39 is 17.8 Å². The second-order valence-electron chi connectivity index (χ2n) is 4.91. The average Bonchev–Trinajstić information content (AvgIpc) is 2.44. The van der Waals surface area contributed by atoms with Crippen LogP contribution in [0.5, 0.6) is 0 Å². The Morgan fingerprint density at radius 1 is 1.35 bits per heavy atom. The van der Waals surface area contributed by atoms with Crippen molar-refractivity contribution in [2.75, 3.05) is 0 Å². The summed E-state index contributed by atoms with van der Waals surface area (Å²) in [5.41, 5.74) is 0.333. The molecule has 0 spiro atoms. The summed E-state index contributed by atoms with van der Waals surface area (Å²) in [6, 6.07) is 5.54. The van der Waals surface area contributed by atoms with E-state index in [1.54, 1.807) is 18.2 Å². The summed E-state index contributed by atoms with van der Waals surface area (Å²) < 4.78 is 13.5. The van der Waals surface area contributed by atoms with E-state index >= 15 is 0 Å². The van der Waals surface area contributed by atoms with Crippen molar-refractivity contribution >= 4 is 17.9 Å². The van der Waals surface area contributed by atoms with Crippen LogP contribution in [0.1, 0.15) is 25.8 Å². The van der Waals surface area contributed by atoms with Crippen molar-refractivity contribution in [3.05, 3.63) is 41.3 Å². The van der Waals surface area contributed by atoms with Crippen LogP contribution in [-0.4, -0.2) is 17.9 Å². The third kappa shape index (κ3) is 2.87. The van der Waals surface area contributed by atoms with Gasteiger partial charge in [0.2, 0.25) is 5.91 Å². The van der Waals surface area contributed by atoms with Crippen molar-refractivity contribution < 1.29 is 14.0 Å². The number of rotatable bonds is 3. The van der Waals surface area contributed by atoms with Gasteiger partial charge in [-0.25, -0.2) is 4.39 Å². The maximum Gasteiger partial charge on any atom is 0.268 e. The van der Waals surface area contributed by atoms with Gasteiger partial charge in [0.15, 0.2) is 0 Å². The van der Waals surface area contributed by atoms with Crippen molar-refractivity contribution in [1.82, 2.24) is 10.6 Å². The van der Waals surface area contributed by atoms with Crippen LogP contribution >= 0.6 is 0 Å². The minimum Gasteiger partial charge on any atom is -0.339 e. The molecule has 1 aromatic carbocycles. The molecule has 0 radical (unpaired) electrons. The van der Waals surface area contributed by atoms with Gasteiger partial charge >= 0.3 is 0 Å². The van der Waals surface area contributed by atoms with E-state index in [1.807, 2.05) is 13.8 Å². The molecule has 1 heterocycles. The minimum absolute atomic E-state index is 0.0500. The molecule has 0 saturated carbocycles. The lowest BCUT2D eigenvalue weighted by Crippen LogP contribution is -2.57. The molecule has 2 rings (SSSR count). The van der Waals surface area contributed by atoms with Crippen LogP contribution in [0.3, 0.4) is 0 Å². The molecule has 1 saturated heterocycles. The van der Waals surface area contributed by atoms with E-state index in [0.29, 0.717) is 0 Å². The summed E-state index contributed by atoms with van der Waals surface area (Å²) in [6.45, 7) is 3.85. The summed E-state index contributed by atoms with van der Waals surface area (Å²) in [5.74, 6) is -1.04. The molecule has 2 atom stereocenters. The van der Waals surface area contributed by atoms with Gasteiger partial charge in [0.25, 0.3) is 5.91 Å². The van der Waals surface area contributed by atoms with E-state index in [4.69, 9.17) is 0 Å². The maximum atomic E-state index is 13.5. The number of piperazine rings is 1. The first-order chi connectivity index (χ1) is 9.52. The predicted octanol–water partition coefficient (Wildman–Crippen LogP) is 1.83. The molecule has 1 aliphatic rings. The first kappa shape index (κ1) is 14.2. The number of benzene rings is 1. The van der Waals surface area contributed by atoms with Crippen LogP contribution in [0.15, 0.2) is 30.0 Å². The molecule has 1 aliphatic heterocycles. The largest absolute Gasteiger partial charge is 0.339 e. The predicted molar refractivity (Wildman–Crippen MR) is 73.9 cm³/mol. The van der Waals surface area contributed by atoms with Crippen LogP contribution in [0.25, 0.3) is 6.08 Å². The SMILES string of the molecule is CCC(C)C1NC(=O)C(=Cc2ccccc2F)NC1=O. The molecule has 0 aliphatic carbocycles. The van der Waals surface area contributed by atoms with Gasteiger partial charge in [0.05, 0.1) is 0 Å². The Labute approximate surface area is 117 Å². The highest BCUT2D eigenvalue weighted by Crippen LogP contribution is 2.16. The lowest BCUT2D eigenvalue weighted by atomic mass is 9.96. The van der Waals surface area contributed by atoms with Crippen LogP contribution in [0, 0.1) is 11.7 Å². The highest BCUT2D eigenvalue weighted by molar-refractivity contribution is 6.07. The van der Waals surface area contributed by atoms with Crippen molar-refractivity contribution in [2.24, 2.45) is 5.92 Å². The Bertz CT molecular complexity index is 569. The Kier molecular flexibility index (Phi) is 4.17. The van der Waals surface area contributed by atoms with Gasteiger partial charge < -0.3 is 10.6 Å². The van der Waals surface area contributed by atoms with E-state index in [1.165, 1.54) is 12.1 Å². The highest BCUT2D eigenvalue weighted by atomic mass is 19.1. The standard InChI is InChI=1S/C15H17FN2O2/c1-3-9(2)13-15(20)17-12(14(19)18-13)8-10-6-4-5-7-11(10)16/h4-9,13H,3H2,1-2H3,(H,17,20)(H,18,19). The van der Waals surface area contributed by atoms with E-state index in [0.717, 1.165) is 6.42 Å². The van der Waals surface area contributed by atoms with Gasteiger partial charge in [-0.15, -0.1) is 0 Å². The van der Waals surface area contributed by atoms with E-state index in [9.17, 15) is 14.0 Å². The number of carbonyl (C=O) groups excluding carboxylic acids is 2. The van der Waals surface area contributed by atoms with Gasteiger partial charge in [-0.05, 0) is 18.1 Å². The lowest BCUT2D eigenvalue weighted by molar-refractivity contribution is -0.132. The molecule has 0 bridgehead atoms. The van der Waals surface area contributed by atoms with E-state index in [-0.39, 0.29) is 23.1 Å². The van der Waals surface area contributed by atoms with Gasteiger partial charge in [0, 0.05) is 5.56 Å². The molecule has 2 amide bonds. The summed E-state index contributed by atoms with van der Waals surface area (Å²) in [4.78, 5) is 23.9. The van der Waals surface area contributed by atoms with Crippen molar-refractivity contribution in [2.45, 2.75) is 26.3 Å². The Morgan fingerprint density at radius 3 is 2.70 bits per heavy atom. The fourth-order valence-electron chi connectivity index (χ4n) is 2.04. The Morgan fingerprint density at radius 2 is 2.05 bits per heavy atom. The number of amides is 2. The first-order valence-electron chi connectivity index (χ1n) is 6.61. The quantitative estimate of drug-likeness (QED) is 0.827. The Hall–Kier alpha value is -2.17. The van der Waals surface area contributed by atoms with Crippen LogP contribution in [0.4, 0.5) is 4.39 Å². The average molecular weight is 276 g/mol. The third-order valence-electron chi connectivity index (χ3n) is 3.49. The third-order valence-corrected chi connectivity index (χ3v) is 3.49. The molecule has 2 N–H and O–H groups in total. The molecule has 20 heavy (non-hydrogen) atoms. The molecular weight excluding hydrogens is 259 g/mol. The summed E-state index contributed by atoms with van der Waals surface area (Å²) in [5, 5.41) is 5.22. The number of halogens is 1. The van der Waals surface area contributed by atoms with Crippen LogP contribution < -0.4 is 10.6 Å². The fraction of sp³-hybridized carbons (Fsp3) is 0.333. The molecule has 2 unspecified atom stereocenters. The monoisotopic (exact) mass is 276 g/mol. The summed E-state index contributed by atoms with van der Waals surface area (Å²) in [7, 11) is 0. The number of hydrogen-bond acceptors (Lipinski definition) is 2. The molecule has 0 aromatic heterocycles. The minimum atomic E-state index is -0.537. The smallest absolute Gasteiger partial charge is 0.268 e. The van der Waals surface area contributed by atoms with Crippen molar-refractivity contribution in [3.8, 4) is 0 Å². The van der Waals surface area contributed by atoms with Crippen molar-refractivity contribution in [1.29, 1.82) is 0 Å². The molecule has 106 valence electrons.